The molecule has 1 aromatic carbocycles. The number of carbonyl (C=O) groups excluding carboxylic acids is 2. The van der Waals surface area contributed by atoms with Crippen molar-refractivity contribution in [2.24, 2.45) is 11.8 Å². The van der Waals surface area contributed by atoms with Crippen LogP contribution in [0, 0.1) is 11.8 Å². The lowest BCUT2D eigenvalue weighted by Crippen LogP contribution is -2.54. The lowest BCUT2D eigenvalue weighted by atomic mass is 9.89. The Labute approximate surface area is 178 Å². The van der Waals surface area contributed by atoms with E-state index in [9.17, 15) is 9.59 Å². The van der Waals surface area contributed by atoms with Gasteiger partial charge in [0.05, 0.1) is 19.8 Å². The van der Waals surface area contributed by atoms with Gasteiger partial charge in [0.25, 0.3) is 0 Å². The van der Waals surface area contributed by atoms with Gasteiger partial charge in [-0.3, -0.25) is 9.69 Å². The minimum atomic E-state index is -0.0159. The van der Waals surface area contributed by atoms with Crippen molar-refractivity contribution in [2.45, 2.75) is 25.3 Å². The van der Waals surface area contributed by atoms with Gasteiger partial charge in [0.1, 0.15) is 0 Å². The zero-order chi connectivity index (χ0) is 20.8. The van der Waals surface area contributed by atoms with Crippen molar-refractivity contribution in [3.05, 3.63) is 35.9 Å². The van der Waals surface area contributed by atoms with Crippen LogP contribution in [-0.2, 0) is 9.47 Å². The van der Waals surface area contributed by atoms with Crippen molar-refractivity contribution in [3.8, 4) is 0 Å². The minimum Gasteiger partial charge on any atom is -0.381 e. The number of urea groups is 1. The number of morpholine rings is 1. The van der Waals surface area contributed by atoms with Gasteiger partial charge >= 0.3 is 6.03 Å². The predicted octanol–water partition coefficient (Wildman–Crippen LogP) is 2.03. The van der Waals surface area contributed by atoms with Gasteiger partial charge in [-0.25, -0.2) is 4.79 Å². The number of ketones is 1. The molecule has 2 amide bonds. The Hall–Kier alpha value is -1.96. The number of hydrogen-bond donors (Lipinski definition) is 1. The fraction of sp³-hybridized carbons (Fsp3) is 0.652. The molecule has 7 heteroatoms. The maximum absolute atomic E-state index is 12.8. The molecule has 3 aliphatic heterocycles. The smallest absolute Gasteiger partial charge is 0.317 e. The van der Waals surface area contributed by atoms with Crippen molar-refractivity contribution >= 4 is 11.8 Å². The molecular weight excluding hydrogens is 382 g/mol. The fourth-order valence-corrected chi connectivity index (χ4v) is 4.85. The highest BCUT2D eigenvalue weighted by atomic mass is 16.5. The van der Waals surface area contributed by atoms with Crippen LogP contribution >= 0.6 is 0 Å². The second-order valence-electron chi connectivity index (χ2n) is 8.52. The summed E-state index contributed by atoms with van der Waals surface area (Å²) in [6, 6.07) is 9.74. The number of amides is 2. The third-order valence-corrected chi connectivity index (χ3v) is 6.70. The molecule has 164 valence electrons. The maximum atomic E-state index is 12.8. The molecule has 3 fully saturated rings. The van der Waals surface area contributed by atoms with Crippen LogP contribution in [0.25, 0.3) is 0 Å². The highest BCUT2D eigenvalue weighted by Crippen LogP contribution is 2.23. The first-order valence-corrected chi connectivity index (χ1v) is 11.2. The van der Waals surface area contributed by atoms with Crippen LogP contribution in [0.3, 0.4) is 0 Å². The quantitative estimate of drug-likeness (QED) is 0.720. The molecule has 0 radical (unpaired) electrons. The summed E-state index contributed by atoms with van der Waals surface area (Å²) in [7, 11) is 0. The van der Waals surface area contributed by atoms with Crippen molar-refractivity contribution in [1.82, 2.24) is 15.1 Å². The van der Waals surface area contributed by atoms with Crippen LogP contribution in [-0.4, -0.2) is 86.8 Å². The Morgan fingerprint density at radius 3 is 2.37 bits per heavy atom. The molecule has 3 heterocycles. The second kappa shape index (κ2) is 10.4. The number of carbonyl (C=O) groups is 2. The van der Waals surface area contributed by atoms with Crippen LogP contribution in [0.15, 0.2) is 30.3 Å². The molecule has 1 N–H and O–H groups in total. The van der Waals surface area contributed by atoms with E-state index in [2.05, 4.69) is 10.2 Å². The Bertz CT molecular complexity index is 694. The number of nitrogens with one attached hydrogen (secondary N) is 1. The van der Waals surface area contributed by atoms with E-state index in [0.29, 0.717) is 25.6 Å². The first-order valence-electron chi connectivity index (χ1n) is 11.2. The zero-order valence-corrected chi connectivity index (χ0v) is 17.6. The number of piperidine rings is 1. The topological polar surface area (TPSA) is 71.1 Å². The molecule has 0 unspecified atom stereocenters. The normalized spacial score (nSPS) is 24.5. The zero-order valence-electron chi connectivity index (χ0n) is 17.6. The predicted molar refractivity (Wildman–Crippen MR) is 114 cm³/mol. The van der Waals surface area contributed by atoms with E-state index < -0.39 is 0 Å². The van der Waals surface area contributed by atoms with Crippen molar-refractivity contribution < 1.29 is 19.1 Å². The second-order valence-corrected chi connectivity index (χ2v) is 8.52. The van der Waals surface area contributed by atoms with Crippen LogP contribution in [0.4, 0.5) is 4.79 Å². The molecule has 1 aromatic rings. The van der Waals surface area contributed by atoms with E-state index in [-0.39, 0.29) is 23.8 Å². The third-order valence-electron chi connectivity index (χ3n) is 6.70. The molecule has 3 aliphatic rings. The Kier molecular flexibility index (Phi) is 7.36. The molecule has 2 atom stereocenters. The third kappa shape index (κ3) is 5.20. The first kappa shape index (κ1) is 21.3. The summed E-state index contributed by atoms with van der Waals surface area (Å²) >= 11 is 0. The summed E-state index contributed by atoms with van der Waals surface area (Å²) in [5.41, 5.74) is 0.771. The first-order chi connectivity index (χ1) is 14.7. The highest BCUT2D eigenvalue weighted by Gasteiger charge is 2.33. The van der Waals surface area contributed by atoms with Crippen LogP contribution in [0.1, 0.15) is 29.6 Å². The molecule has 3 saturated heterocycles. The van der Waals surface area contributed by atoms with E-state index in [1.54, 1.807) is 0 Å². The molecule has 0 aliphatic carbocycles. The maximum Gasteiger partial charge on any atom is 0.317 e. The van der Waals surface area contributed by atoms with Gasteiger partial charge in [0.2, 0.25) is 0 Å². The number of hydrogen-bond acceptors (Lipinski definition) is 5. The molecule has 0 bridgehead atoms. The number of likely N-dealkylation sites (tertiary alicyclic amines) is 1. The Morgan fingerprint density at radius 1 is 0.967 bits per heavy atom. The van der Waals surface area contributed by atoms with Gasteiger partial charge in [0.15, 0.2) is 5.78 Å². The van der Waals surface area contributed by atoms with Gasteiger partial charge < -0.3 is 19.7 Å². The monoisotopic (exact) mass is 415 g/mol. The van der Waals surface area contributed by atoms with Crippen LogP contribution in [0.5, 0.6) is 0 Å². The summed E-state index contributed by atoms with van der Waals surface area (Å²) < 4.78 is 11.1. The van der Waals surface area contributed by atoms with Crippen molar-refractivity contribution in [3.63, 3.8) is 0 Å². The Morgan fingerprint density at radius 2 is 1.70 bits per heavy atom. The van der Waals surface area contributed by atoms with Crippen LogP contribution in [0.2, 0.25) is 0 Å². The highest BCUT2D eigenvalue weighted by molar-refractivity contribution is 5.97. The van der Waals surface area contributed by atoms with Gasteiger partial charge in [-0.2, -0.15) is 0 Å². The Balaban J connectivity index is 1.27. The lowest BCUT2D eigenvalue weighted by Gasteiger charge is -2.38. The van der Waals surface area contributed by atoms with Crippen molar-refractivity contribution in [2.75, 3.05) is 59.2 Å². The molecule has 0 saturated carbocycles. The van der Waals surface area contributed by atoms with Crippen LogP contribution < -0.4 is 5.32 Å². The number of Topliss-reactive ketones (excluding diaryl/α,β-unsaturated/α-hetero) is 1. The van der Waals surface area contributed by atoms with Crippen molar-refractivity contribution in [1.29, 1.82) is 0 Å². The number of rotatable bonds is 6. The van der Waals surface area contributed by atoms with Gasteiger partial charge in [0, 0.05) is 62.8 Å². The molecule has 0 spiro atoms. The van der Waals surface area contributed by atoms with Gasteiger partial charge in [-0.1, -0.05) is 30.3 Å². The number of nitrogens with zero attached hydrogens (tertiary/aromatic N) is 2. The summed E-state index contributed by atoms with van der Waals surface area (Å²) in [4.78, 5) is 29.8. The van der Waals surface area contributed by atoms with E-state index in [0.717, 1.165) is 64.3 Å². The standard InChI is InChI=1S/C23H33N3O4/c27-22(18-4-2-1-3-5-18)19-6-9-26(10-7-19)23(28)24-16-21(20-8-13-30-17-20)25-11-14-29-15-12-25/h1-5,19-21H,6-17H2,(H,24,28)/t20-,21-/m0/s1. The average Bonchev–Trinajstić information content (AvgIpc) is 3.35. The van der Waals surface area contributed by atoms with Gasteiger partial charge in [-0.05, 0) is 19.3 Å². The van der Waals surface area contributed by atoms with Gasteiger partial charge in [-0.15, -0.1) is 0 Å². The number of benzene rings is 1. The summed E-state index contributed by atoms with van der Waals surface area (Å²) in [6.07, 6.45) is 2.50. The minimum absolute atomic E-state index is 0.00758. The summed E-state index contributed by atoms with van der Waals surface area (Å²) in [5.74, 6) is 0.662. The van der Waals surface area contributed by atoms with E-state index in [1.165, 1.54) is 0 Å². The molecule has 7 nitrogen and oxygen atoms in total. The largest absolute Gasteiger partial charge is 0.381 e. The SMILES string of the molecule is O=C(c1ccccc1)C1CCN(C(=O)NC[C@@H]([C@H]2CCOC2)N2CCOCC2)CC1. The van der Waals surface area contributed by atoms with E-state index in [1.807, 2.05) is 35.2 Å². The molecule has 0 aromatic heterocycles. The fourth-order valence-electron chi connectivity index (χ4n) is 4.85. The summed E-state index contributed by atoms with van der Waals surface area (Å²) in [6.45, 7) is 6.78. The molecule has 30 heavy (non-hydrogen) atoms. The number of ether oxygens (including phenoxy) is 2. The molecule has 4 rings (SSSR count). The lowest BCUT2D eigenvalue weighted by molar-refractivity contribution is 0.00179. The van der Waals surface area contributed by atoms with E-state index in [4.69, 9.17) is 9.47 Å². The molecular formula is C23H33N3O4. The summed E-state index contributed by atoms with van der Waals surface area (Å²) in [5, 5.41) is 3.17. The average molecular weight is 416 g/mol. The van der Waals surface area contributed by atoms with E-state index >= 15 is 0 Å².